The number of ether oxygens (including phenoxy) is 2. The quantitative estimate of drug-likeness (QED) is 0.335. The minimum absolute atomic E-state index is 0. The molecule has 1 aromatic carbocycles. The van der Waals surface area contributed by atoms with E-state index < -0.39 is 0 Å². The standard InChI is InChI=1S/C23H32N4O4.HI/c1-23(2,17-8-9-18(29-4)20(15-17)30-5)16-25-22(24-3)27-12-10-26(11-13-27)21(28)19-7-6-14-31-19;/h6-9,14-15H,10-13,16H2,1-5H3,(H,24,25);1H. The second kappa shape index (κ2) is 11.4. The first-order valence-electron chi connectivity index (χ1n) is 10.4. The summed E-state index contributed by atoms with van der Waals surface area (Å²) in [5.74, 6) is 2.58. The van der Waals surface area contributed by atoms with Crippen LogP contribution in [0.5, 0.6) is 11.5 Å². The zero-order valence-electron chi connectivity index (χ0n) is 19.4. The highest BCUT2D eigenvalue weighted by atomic mass is 127. The van der Waals surface area contributed by atoms with E-state index in [2.05, 4.69) is 35.1 Å². The summed E-state index contributed by atoms with van der Waals surface area (Å²) < 4.78 is 16.0. The zero-order chi connectivity index (χ0) is 22.4. The predicted octanol–water partition coefficient (Wildman–Crippen LogP) is 3.23. The van der Waals surface area contributed by atoms with Gasteiger partial charge >= 0.3 is 0 Å². The number of nitrogens with one attached hydrogen (secondary N) is 1. The van der Waals surface area contributed by atoms with E-state index >= 15 is 0 Å². The summed E-state index contributed by atoms with van der Waals surface area (Å²) in [6.45, 7) is 7.72. The molecule has 1 aliphatic heterocycles. The van der Waals surface area contributed by atoms with Crippen molar-refractivity contribution in [2.45, 2.75) is 19.3 Å². The third-order valence-electron chi connectivity index (χ3n) is 5.66. The van der Waals surface area contributed by atoms with Crippen molar-refractivity contribution in [1.29, 1.82) is 0 Å². The van der Waals surface area contributed by atoms with E-state index in [9.17, 15) is 4.79 Å². The Morgan fingerprint density at radius 2 is 1.75 bits per heavy atom. The maximum absolute atomic E-state index is 12.5. The lowest BCUT2D eigenvalue weighted by Crippen LogP contribution is -2.54. The molecule has 1 aliphatic rings. The highest BCUT2D eigenvalue weighted by Gasteiger charge is 2.27. The Balaban J connectivity index is 0.00000363. The number of hydrogen-bond acceptors (Lipinski definition) is 5. The number of aliphatic imine (C=N–C) groups is 1. The molecular weight excluding hydrogens is 523 g/mol. The Hall–Kier alpha value is -2.43. The summed E-state index contributed by atoms with van der Waals surface area (Å²) in [6.07, 6.45) is 1.52. The van der Waals surface area contributed by atoms with E-state index in [1.54, 1.807) is 33.4 Å². The molecule has 1 amide bonds. The minimum atomic E-state index is -0.160. The van der Waals surface area contributed by atoms with Crippen molar-refractivity contribution in [2.24, 2.45) is 4.99 Å². The summed E-state index contributed by atoms with van der Waals surface area (Å²) in [4.78, 5) is 20.9. The SMILES string of the molecule is CN=C(NCC(C)(C)c1ccc(OC)c(OC)c1)N1CCN(C(=O)c2ccco2)CC1.I. The van der Waals surface area contributed by atoms with Crippen LogP contribution in [0.2, 0.25) is 0 Å². The molecule has 0 aliphatic carbocycles. The minimum Gasteiger partial charge on any atom is -0.493 e. The molecule has 1 aromatic heterocycles. The van der Waals surface area contributed by atoms with Crippen LogP contribution in [0.1, 0.15) is 30.0 Å². The van der Waals surface area contributed by atoms with Crippen molar-refractivity contribution >= 4 is 35.8 Å². The van der Waals surface area contributed by atoms with Gasteiger partial charge in [-0.3, -0.25) is 9.79 Å². The predicted molar refractivity (Wildman–Crippen MR) is 136 cm³/mol. The van der Waals surface area contributed by atoms with E-state index in [4.69, 9.17) is 13.9 Å². The summed E-state index contributed by atoms with van der Waals surface area (Å²) in [7, 11) is 5.06. The van der Waals surface area contributed by atoms with Crippen LogP contribution in [0.4, 0.5) is 0 Å². The van der Waals surface area contributed by atoms with Gasteiger partial charge in [0, 0.05) is 45.2 Å². The highest BCUT2D eigenvalue weighted by Crippen LogP contribution is 2.32. The van der Waals surface area contributed by atoms with E-state index in [1.807, 2.05) is 17.0 Å². The first-order chi connectivity index (χ1) is 14.9. The molecule has 8 nitrogen and oxygen atoms in total. The number of hydrogen-bond donors (Lipinski definition) is 1. The van der Waals surface area contributed by atoms with Crippen molar-refractivity contribution in [1.82, 2.24) is 15.1 Å². The monoisotopic (exact) mass is 556 g/mol. The molecule has 3 rings (SSSR count). The number of guanidine groups is 1. The van der Waals surface area contributed by atoms with Gasteiger partial charge in [-0.1, -0.05) is 19.9 Å². The second-order valence-electron chi connectivity index (χ2n) is 8.11. The molecule has 9 heteroatoms. The Morgan fingerprint density at radius 1 is 1.09 bits per heavy atom. The van der Waals surface area contributed by atoms with E-state index in [-0.39, 0.29) is 35.3 Å². The lowest BCUT2D eigenvalue weighted by Gasteiger charge is -2.37. The molecule has 1 saturated heterocycles. The number of furan rings is 1. The van der Waals surface area contributed by atoms with Gasteiger partial charge < -0.3 is 29.0 Å². The lowest BCUT2D eigenvalue weighted by molar-refractivity contribution is 0.0657. The van der Waals surface area contributed by atoms with Crippen molar-refractivity contribution < 1.29 is 18.7 Å². The number of benzene rings is 1. The fraction of sp³-hybridized carbons (Fsp3) is 0.478. The largest absolute Gasteiger partial charge is 0.493 e. The number of halogens is 1. The number of amides is 1. The van der Waals surface area contributed by atoms with Crippen LogP contribution < -0.4 is 14.8 Å². The molecule has 1 N–H and O–H groups in total. The maximum atomic E-state index is 12.5. The van der Waals surface area contributed by atoms with Gasteiger partial charge in [0.15, 0.2) is 23.2 Å². The van der Waals surface area contributed by atoms with Crippen LogP contribution in [0.3, 0.4) is 0 Å². The first kappa shape index (κ1) is 25.8. The Bertz CT molecular complexity index is 907. The van der Waals surface area contributed by atoms with Crippen LogP contribution in [0.15, 0.2) is 46.0 Å². The third kappa shape index (κ3) is 5.87. The average molecular weight is 556 g/mol. The average Bonchev–Trinajstić information content (AvgIpc) is 3.34. The van der Waals surface area contributed by atoms with Crippen LogP contribution in [0, 0.1) is 0 Å². The maximum Gasteiger partial charge on any atom is 0.289 e. The summed E-state index contributed by atoms with van der Waals surface area (Å²) in [6, 6.07) is 9.44. The molecule has 32 heavy (non-hydrogen) atoms. The highest BCUT2D eigenvalue weighted by molar-refractivity contribution is 14.0. The van der Waals surface area contributed by atoms with Crippen LogP contribution >= 0.6 is 24.0 Å². The van der Waals surface area contributed by atoms with Gasteiger partial charge in [0.25, 0.3) is 5.91 Å². The molecular formula is C23H33IN4O4. The molecule has 0 atom stereocenters. The fourth-order valence-corrected chi connectivity index (χ4v) is 3.67. The van der Waals surface area contributed by atoms with Gasteiger partial charge in [-0.25, -0.2) is 0 Å². The van der Waals surface area contributed by atoms with Gasteiger partial charge in [0.1, 0.15) is 0 Å². The number of rotatable bonds is 6. The molecule has 0 radical (unpaired) electrons. The topological polar surface area (TPSA) is 79.5 Å². The smallest absolute Gasteiger partial charge is 0.289 e. The number of carbonyl (C=O) groups is 1. The number of carbonyl (C=O) groups excluding carboxylic acids is 1. The third-order valence-corrected chi connectivity index (χ3v) is 5.66. The van der Waals surface area contributed by atoms with E-state index in [0.717, 1.165) is 17.3 Å². The molecule has 0 saturated carbocycles. The summed E-state index contributed by atoms with van der Waals surface area (Å²) >= 11 is 0. The summed E-state index contributed by atoms with van der Waals surface area (Å²) in [5, 5.41) is 3.50. The number of nitrogens with zero attached hydrogens (tertiary/aromatic N) is 3. The molecule has 0 bridgehead atoms. The molecule has 0 spiro atoms. The normalized spacial score (nSPS) is 14.6. The molecule has 1 fully saturated rings. The fourth-order valence-electron chi connectivity index (χ4n) is 3.67. The molecule has 0 unspecified atom stereocenters. The number of methoxy groups -OCH3 is 2. The van der Waals surface area contributed by atoms with Crippen LogP contribution in [0.25, 0.3) is 0 Å². The molecule has 176 valence electrons. The first-order valence-corrected chi connectivity index (χ1v) is 10.4. The van der Waals surface area contributed by atoms with Gasteiger partial charge in [-0.2, -0.15) is 0 Å². The summed E-state index contributed by atoms with van der Waals surface area (Å²) in [5.41, 5.74) is 0.981. The lowest BCUT2D eigenvalue weighted by atomic mass is 9.84. The van der Waals surface area contributed by atoms with E-state index in [0.29, 0.717) is 44.2 Å². The Labute approximate surface area is 207 Å². The van der Waals surface area contributed by atoms with Gasteiger partial charge in [0.2, 0.25) is 0 Å². The number of piperazine rings is 1. The van der Waals surface area contributed by atoms with Gasteiger partial charge in [-0.15, -0.1) is 24.0 Å². The van der Waals surface area contributed by atoms with Crippen LogP contribution in [-0.2, 0) is 5.41 Å². The van der Waals surface area contributed by atoms with E-state index in [1.165, 1.54) is 6.26 Å². The van der Waals surface area contributed by atoms with Crippen molar-refractivity contribution in [2.75, 3.05) is 54.0 Å². The van der Waals surface area contributed by atoms with Crippen molar-refractivity contribution in [3.8, 4) is 11.5 Å². The zero-order valence-corrected chi connectivity index (χ0v) is 21.7. The van der Waals surface area contributed by atoms with Gasteiger partial charge in [0.05, 0.1) is 20.5 Å². The second-order valence-corrected chi connectivity index (χ2v) is 8.11. The van der Waals surface area contributed by atoms with Crippen LogP contribution in [-0.4, -0.2) is 75.7 Å². The Kier molecular flexibility index (Phi) is 9.23. The molecule has 2 aromatic rings. The van der Waals surface area contributed by atoms with Gasteiger partial charge in [-0.05, 0) is 29.8 Å². The van der Waals surface area contributed by atoms with Crippen molar-refractivity contribution in [3.05, 3.63) is 47.9 Å². The molecule has 2 heterocycles. The van der Waals surface area contributed by atoms with Crippen molar-refractivity contribution in [3.63, 3.8) is 0 Å². The Morgan fingerprint density at radius 3 is 2.31 bits per heavy atom.